The predicted molar refractivity (Wildman–Crippen MR) is 83.9 cm³/mol. The van der Waals surface area contributed by atoms with Crippen LogP contribution in [0.3, 0.4) is 0 Å². The van der Waals surface area contributed by atoms with Crippen LogP contribution in [0.15, 0.2) is 42.7 Å². The highest BCUT2D eigenvalue weighted by molar-refractivity contribution is 5.89. The first-order valence-electron chi connectivity index (χ1n) is 7.10. The zero-order valence-corrected chi connectivity index (χ0v) is 12.4. The molecule has 7 heteroatoms. The van der Waals surface area contributed by atoms with Gasteiger partial charge < -0.3 is 0 Å². The number of hydrogen-bond acceptors (Lipinski definition) is 4. The molecule has 0 aliphatic carbocycles. The van der Waals surface area contributed by atoms with E-state index in [1.165, 1.54) is 12.1 Å². The molecule has 116 valence electrons. The molecule has 3 aromatic rings. The molecule has 0 radical (unpaired) electrons. The van der Waals surface area contributed by atoms with Crippen molar-refractivity contribution in [2.24, 2.45) is 0 Å². The average Bonchev–Trinajstić information content (AvgIpc) is 3.05. The number of nitrogens with zero attached hydrogens (tertiary/aromatic N) is 3. The number of carbonyl (C=O) groups excluding carboxylic acids is 1. The molecule has 0 spiro atoms. The van der Waals surface area contributed by atoms with Crippen LogP contribution in [0.4, 0.5) is 10.3 Å². The Morgan fingerprint density at radius 3 is 2.78 bits per heavy atom. The highest BCUT2D eigenvalue weighted by Gasteiger charge is 2.12. The number of aromatic amines is 1. The van der Waals surface area contributed by atoms with E-state index in [4.69, 9.17) is 0 Å². The summed E-state index contributed by atoms with van der Waals surface area (Å²) in [5, 5.41) is 9.55. The van der Waals surface area contributed by atoms with E-state index in [0.29, 0.717) is 12.1 Å². The van der Waals surface area contributed by atoms with Gasteiger partial charge in [-0.15, -0.1) is 0 Å². The van der Waals surface area contributed by atoms with Crippen molar-refractivity contribution >= 4 is 11.9 Å². The maximum atomic E-state index is 13.1. The van der Waals surface area contributed by atoms with Crippen LogP contribution in [0.1, 0.15) is 13.3 Å². The summed E-state index contributed by atoms with van der Waals surface area (Å²) in [6.07, 6.45) is 3.54. The largest absolute Gasteiger partial charge is 0.295 e. The fraction of sp³-hybridized carbons (Fsp3) is 0.125. The van der Waals surface area contributed by atoms with Gasteiger partial charge in [-0.25, -0.2) is 14.4 Å². The monoisotopic (exact) mass is 311 g/mol. The molecule has 2 heterocycles. The van der Waals surface area contributed by atoms with Crippen molar-refractivity contribution in [2.75, 3.05) is 5.32 Å². The van der Waals surface area contributed by atoms with Gasteiger partial charge in [0.25, 0.3) is 0 Å². The van der Waals surface area contributed by atoms with E-state index in [1.807, 2.05) is 0 Å². The van der Waals surface area contributed by atoms with Crippen molar-refractivity contribution in [3.8, 4) is 22.5 Å². The Kier molecular flexibility index (Phi) is 4.09. The van der Waals surface area contributed by atoms with Gasteiger partial charge in [0.2, 0.25) is 11.9 Å². The number of benzene rings is 1. The summed E-state index contributed by atoms with van der Waals surface area (Å²) in [4.78, 5) is 19.8. The van der Waals surface area contributed by atoms with Gasteiger partial charge in [-0.3, -0.25) is 15.2 Å². The first-order chi connectivity index (χ1) is 11.2. The molecule has 0 saturated carbocycles. The van der Waals surface area contributed by atoms with E-state index in [1.54, 1.807) is 37.5 Å². The Morgan fingerprint density at radius 2 is 2.04 bits per heavy atom. The molecule has 0 unspecified atom stereocenters. The first-order valence-corrected chi connectivity index (χ1v) is 7.10. The summed E-state index contributed by atoms with van der Waals surface area (Å²) in [6.45, 7) is 1.75. The molecule has 0 saturated heterocycles. The maximum absolute atomic E-state index is 13.1. The normalized spacial score (nSPS) is 10.5. The summed E-state index contributed by atoms with van der Waals surface area (Å²) >= 11 is 0. The number of carbonyl (C=O) groups is 1. The van der Waals surface area contributed by atoms with Gasteiger partial charge in [0.15, 0.2) is 0 Å². The Balaban J connectivity index is 1.97. The molecular weight excluding hydrogens is 297 g/mol. The van der Waals surface area contributed by atoms with Crippen LogP contribution in [0, 0.1) is 5.82 Å². The van der Waals surface area contributed by atoms with E-state index in [0.717, 1.165) is 16.8 Å². The second-order valence-corrected chi connectivity index (χ2v) is 4.83. The maximum Gasteiger partial charge on any atom is 0.229 e. The number of halogens is 1. The number of rotatable bonds is 4. The summed E-state index contributed by atoms with van der Waals surface area (Å²) in [5.74, 6) is -0.227. The number of H-pyrrole nitrogens is 1. The molecule has 1 aromatic carbocycles. The lowest BCUT2D eigenvalue weighted by Crippen LogP contribution is -2.12. The Morgan fingerprint density at radius 1 is 1.26 bits per heavy atom. The van der Waals surface area contributed by atoms with E-state index in [9.17, 15) is 9.18 Å². The fourth-order valence-corrected chi connectivity index (χ4v) is 2.10. The fourth-order valence-electron chi connectivity index (χ4n) is 2.10. The number of anilines is 1. The van der Waals surface area contributed by atoms with E-state index < -0.39 is 0 Å². The predicted octanol–water partition coefficient (Wildman–Crippen LogP) is 3.02. The molecule has 2 N–H and O–H groups in total. The summed E-state index contributed by atoms with van der Waals surface area (Å²) in [6, 6.07) is 7.81. The van der Waals surface area contributed by atoms with Crippen LogP contribution in [-0.2, 0) is 4.79 Å². The van der Waals surface area contributed by atoms with Crippen molar-refractivity contribution in [1.29, 1.82) is 0 Å². The van der Waals surface area contributed by atoms with Crippen LogP contribution in [0.2, 0.25) is 0 Å². The lowest BCUT2D eigenvalue weighted by molar-refractivity contribution is -0.115. The van der Waals surface area contributed by atoms with Crippen LogP contribution in [0.25, 0.3) is 22.5 Å². The molecule has 0 aliphatic rings. The second-order valence-electron chi connectivity index (χ2n) is 4.83. The highest BCUT2D eigenvalue weighted by Crippen LogP contribution is 2.29. The van der Waals surface area contributed by atoms with E-state index in [-0.39, 0.29) is 17.7 Å². The molecule has 2 aromatic heterocycles. The molecule has 23 heavy (non-hydrogen) atoms. The van der Waals surface area contributed by atoms with Gasteiger partial charge in [0, 0.05) is 23.7 Å². The molecule has 0 bridgehead atoms. The smallest absolute Gasteiger partial charge is 0.229 e. The molecule has 0 aliphatic heterocycles. The number of amides is 1. The third-order valence-electron chi connectivity index (χ3n) is 3.28. The average molecular weight is 311 g/mol. The van der Waals surface area contributed by atoms with Gasteiger partial charge in [0.05, 0.1) is 17.6 Å². The minimum Gasteiger partial charge on any atom is -0.295 e. The Labute approximate surface area is 131 Å². The van der Waals surface area contributed by atoms with Crippen molar-refractivity contribution in [3.05, 3.63) is 48.5 Å². The van der Waals surface area contributed by atoms with Crippen molar-refractivity contribution in [3.63, 3.8) is 0 Å². The summed E-state index contributed by atoms with van der Waals surface area (Å²) in [5.41, 5.74) is 2.86. The van der Waals surface area contributed by atoms with Gasteiger partial charge in [-0.05, 0) is 30.3 Å². The third-order valence-corrected chi connectivity index (χ3v) is 3.28. The van der Waals surface area contributed by atoms with Crippen LogP contribution in [-0.4, -0.2) is 26.1 Å². The molecule has 1 amide bonds. The number of aromatic nitrogens is 4. The quantitative estimate of drug-likeness (QED) is 0.775. The number of hydrogen-bond donors (Lipinski definition) is 2. The summed E-state index contributed by atoms with van der Waals surface area (Å²) in [7, 11) is 0. The molecule has 6 nitrogen and oxygen atoms in total. The van der Waals surface area contributed by atoms with Crippen molar-refractivity contribution in [1.82, 2.24) is 20.2 Å². The minimum atomic E-state index is -0.304. The molecule has 0 atom stereocenters. The topological polar surface area (TPSA) is 83.6 Å². The van der Waals surface area contributed by atoms with Gasteiger partial charge in [0.1, 0.15) is 5.82 Å². The van der Waals surface area contributed by atoms with Gasteiger partial charge in [-0.2, -0.15) is 5.10 Å². The first kappa shape index (κ1) is 14.8. The van der Waals surface area contributed by atoms with E-state index >= 15 is 0 Å². The van der Waals surface area contributed by atoms with Crippen molar-refractivity contribution < 1.29 is 9.18 Å². The SMILES string of the molecule is CCC(=O)Nc1nccc(-c2cn[nH]c2-c2ccc(F)cc2)n1. The Hall–Kier alpha value is -3.09. The van der Waals surface area contributed by atoms with Crippen LogP contribution < -0.4 is 5.32 Å². The van der Waals surface area contributed by atoms with Crippen molar-refractivity contribution in [2.45, 2.75) is 13.3 Å². The zero-order chi connectivity index (χ0) is 16.2. The highest BCUT2D eigenvalue weighted by atomic mass is 19.1. The molecule has 3 rings (SSSR count). The van der Waals surface area contributed by atoms with Crippen LogP contribution >= 0.6 is 0 Å². The zero-order valence-electron chi connectivity index (χ0n) is 12.4. The van der Waals surface area contributed by atoms with Gasteiger partial charge in [-0.1, -0.05) is 6.92 Å². The van der Waals surface area contributed by atoms with Gasteiger partial charge >= 0.3 is 0 Å². The third kappa shape index (κ3) is 3.23. The second kappa shape index (κ2) is 6.35. The Bertz CT molecular complexity index is 828. The summed E-state index contributed by atoms with van der Waals surface area (Å²) < 4.78 is 13.1. The van der Waals surface area contributed by atoms with Crippen LogP contribution in [0.5, 0.6) is 0 Å². The lowest BCUT2D eigenvalue weighted by atomic mass is 10.1. The molecular formula is C16H14FN5O. The number of nitrogens with one attached hydrogen (secondary N) is 2. The molecule has 0 fully saturated rings. The van der Waals surface area contributed by atoms with E-state index in [2.05, 4.69) is 25.5 Å². The standard InChI is InChI=1S/C16H14FN5O/c1-2-14(23)21-16-18-8-7-13(20-16)12-9-19-22-15(12)10-3-5-11(17)6-4-10/h3-9H,2H2,1H3,(H,19,22)(H,18,20,21,23). The minimum absolute atomic E-state index is 0.159. The lowest BCUT2D eigenvalue weighted by Gasteiger charge is -2.06.